The minimum atomic E-state index is -3.35. The van der Waals surface area contributed by atoms with Crippen molar-refractivity contribution >= 4 is 54.0 Å². The summed E-state index contributed by atoms with van der Waals surface area (Å²) in [5, 5.41) is 0. The van der Waals surface area contributed by atoms with Crippen LogP contribution in [0.25, 0.3) is 0 Å². The van der Waals surface area contributed by atoms with E-state index in [0.29, 0.717) is 0 Å². The highest BCUT2D eigenvalue weighted by molar-refractivity contribution is 7.53. The van der Waals surface area contributed by atoms with Crippen molar-refractivity contribution in [3.05, 3.63) is 22.6 Å². The average Bonchev–Trinajstić information content (AvgIpc) is 2.22. The zero-order chi connectivity index (χ0) is 11.9. The van der Waals surface area contributed by atoms with Crippen LogP contribution in [0, 0.1) is 0 Å². The summed E-state index contributed by atoms with van der Waals surface area (Å²) in [6.45, 7) is 1.26. The highest BCUT2D eigenvalue weighted by Crippen LogP contribution is 2.48. The summed E-state index contributed by atoms with van der Waals surface area (Å²) in [5.41, 5.74) is 2.16. The van der Waals surface area contributed by atoms with Crippen molar-refractivity contribution in [1.29, 1.82) is 0 Å². The van der Waals surface area contributed by atoms with E-state index in [1.165, 1.54) is 6.66 Å². The molecule has 0 aromatic carbocycles. The molecule has 3 nitrogen and oxygen atoms in total. The van der Waals surface area contributed by atoms with Crippen LogP contribution in [0.4, 0.5) is 0 Å². The molecule has 0 bridgehead atoms. The molecule has 0 saturated carbocycles. The Hall–Kier alpha value is 0.470. The zero-order valence-electron chi connectivity index (χ0n) is 7.75. The summed E-state index contributed by atoms with van der Waals surface area (Å²) < 4.78 is 21.6. The molecular formula is C7H9Cl4O3P. The molecule has 0 aliphatic heterocycles. The third-order valence-corrected chi connectivity index (χ3v) is 3.22. The van der Waals surface area contributed by atoms with Gasteiger partial charge in [0.05, 0.1) is 18.4 Å². The second-order valence-corrected chi connectivity index (χ2v) is 5.25. The van der Waals surface area contributed by atoms with Gasteiger partial charge in [-0.05, 0) is 0 Å². The number of halogens is 4. The van der Waals surface area contributed by atoms with Gasteiger partial charge in [-0.1, -0.05) is 23.2 Å². The summed E-state index contributed by atoms with van der Waals surface area (Å²) in [4.78, 5) is 0. The molecule has 0 unspecified atom stereocenters. The van der Waals surface area contributed by atoms with Crippen LogP contribution in [0.5, 0.6) is 0 Å². The number of rotatable bonds is 6. The molecule has 0 amide bonds. The van der Waals surface area contributed by atoms with E-state index in [2.05, 4.69) is 0 Å². The summed E-state index contributed by atoms with van der Waals surface area (Å²) >= 11 is 21.6. The summed E-state index contributed by atoms with van der Waals surface area (Å²) in [6, 6.07) is 0. The third-order valence-electron chi connectivity index (χ3n) is 1.07. The molecule has 0 aliphatic rings. The van der Waals surface area contributed by atoms with E-state index in [9.17, 15) is 4.57 Å². The lowest BCUT2D eigenvalue weighted by atomic mass is 10.7. The van der Waals surface area contributed by atoms with Crippen LogP contribution in [0.1, 0.15) is 0 Å². The molecule has 0 aliphatic carbocycles. The molecule has 0 spiro atoms. The smallest absolute Gasteiger partial charge is 0.419 e. The lowest BCUT2D eigenvalue weighted by Crippen LogP contribution is -1.97. The summed E-state index contributed by atoms with van der Waals surface area (Å²) in [7, 11) is -3.35. The van der Waals surface area contributed by atoms with Crippen molar-refractivity contribution in [3.8, 4) is 0 Å². The third kappa shape index (κ3) is 6.60. The minimum Gasteiger partial charge on any atom is -0.419 e. The van der Waals surface area contributed by atoms with E-state index >= 15 is 0 Å². The Morgan fingerprint density at radius 3 is 1.67 bits per heavy atom. The maximum atomic E-state index is 11.7. The highest BCUT2D eigenvalue weighted by Gasteiger charge is 2.22. The predicted octanol–water partition coefficient (Wildman–Crippen LogP) is 4.48. The van der Waals surface area contributed by atoms with Crippen LogP contribution in [0.15, 0.2) is 22.6 Å². The van der Waals surface area contributed by atoms with Gasteiger partial charge in [-0.15, -0.1) is 23.2 Å². The Kier molecular flexibility index (Phi) is 7.94. The van der Waals surface area contributed by atoms with Crippen molar-refractivity contribution in [2.75, 3.05) is 18.4 Å². The standard InChI is InChI=1S/C7H9Cl4O3P/c1-15(12,13-6(2-8)3-9)14-7(4-10)5-11/h2,4H,3,5H2,1H3/b6-2+,7-4+. The van der Waals surface area contributed by atoms with Crippen LogP contribution in [-0.2, 0) is 13.6 Å². The predicted molar refractivity (Wildman–Crippen MR) is 65.0 cm³/mol. The lowest BCUT2D eigenvalue weighted by Gasteiger charge is -2.17. The zero-order valence-corrected chi connectivity index (χ0v) is 11.7. The van der Waals surface area contributed by atoms with Gasteiger partial charge in [0.25, 0.3) is 0 Å². The van der Waals surface area contributed by atoms with Gasteiger partial charge in [0.1, 0.15) is 11.5 Å². The van der Waals surface area contributed by atoms with Crippen LogP contribution >= 0.6 is 54.0 Å². The SMILES string of the molecule is CP(=O)(O/C(=C/Cl)CCl)O/C(=C/Cl)CCl. The van der Waals surface area contributed by atoms with Gasteiger partial charge in [0.2, 0.25) is 0 Å². The van der Waals surface area contributed by atoms with Crippen LogP contribution in [0.3, 0.4) is 0 Å². The monoisotopic (exact) mass is 312 g/mol. The van der Waals surface area contributed by atoms with E-state index in [4.69, 9.17) is 55.5 Å². The quantitative estimate of drug-likeness (QED) is 0.412. The number of allylic oxidation sites excluding steroid dienone is 2. The molecule has 0 saturated heterocycles. The molecule has 0 aromatic heterocycles. The molecule has 0 aromatic rings. The molecule has 0 radical (unpaired) electrons. The van der Waals surface area contributed by atoms with Gasteiger partial charge in [-0.25, -0.2) is 4.57 Å². The summed E-state index contributed by atoms with van der Waals surface area (Å²) in [6.07, 6.45) is 0. The van der Waals surface area contributed by atoms with Crippen molar-refractivity contribution < 1.29 is 13.6 Å². The maximum Gasteiger partial charge on any atom is 0.427 e. The summed E-state index contributed by atoms with van der Waals surface area (Å²) in [5.74, 6) is 0.275. The van der Waals surface area contributed by atoms with Crippen molar-refractivity contribution in [2.24, 2.45) is 0 Å². The molecule has 15 heavy (non-hydrogen) atoms. The van der Waals surface area contributed by atoms with E-state index in [-0.39, 0.29) is 23.3 Å². The molecule has 0 rings (SSSR count). The largest absolute Gasteiger partial charge is 0.427 e. The Bertz CT molecular complexity index is 277. The minimum absolute atomic E-state index is 0.00844. The Morgan fingerprint density at radius 2 is 1.47 bits per heavy atom. The number of hydrogen-bond acceptors (Lipinski definition) is 3. The molecule has 0 fully saturated rings. The van der Waals surface area contributed by atoms with Gasteiger partial charge in [-0.2, -0.15) is 0 Å². The molecule has 0 N–H and O–H groups in total. The molecule has 88 valence electrons. The molecular weight excluding hydrogens is 305 g/mol. The Morgan fingerprint density at radius 1 is 1.13 bits per heavy atom. The first kappa shape index (κ1) is 15.5. The van der Waals surface area contributed by atoms with Crippen molar-refractivity contribution in [1.82, 2.24) is 0 Å². The van der Waals surface area contributed by atoms with Gasteiger partial charge in [-0.3, -0.25) is 0 Å². The van der Waals surface area contributed by atoms with Gasteiger partial charge in [0, 0.05) is 11.1 Å². The van der Waals surface area contributed by atoms with Crippen LogP contribution < -0.4 is 0 Å². The van der Waals surface area contributed by atoms with E-state index in [1.807, 2.05) is 0 Å². The Balaban J connectivity index is 4.50. The first-order chi connectivity index (χ1) is 6.99. The van der Waals surface area contributed by atoms with Crippen molar-refractivity contribution in [3.63, 3.8) is 0 Å². The highest BCUT2D eigenvalue weighted by atomic mass is 35.5. The fraction of sp³-hybridized carbons (Fsp3) is 0.429. The lowest BCUT2D eigenvalue weighted by molar-refractivity contribution is 0.299. The first-order valence-electron chi connectivity index (χ1n) is 3.66. The van der Waals surface area contributed by atoms with Crippen LogP contribution in [-0.4, -0.2) is 18.4 Å². The maximum absolute atomic E-state index is 11.7. The van der Waals surface area contributed by atoms with E-state index in [0.717, 1.165) is 11.1 Å². The van der Waals surface area contributed by atoms with E-state index < -0.39 is 7.60 Å². The number of hydrogen-bond donors (Lipinski definition) is 0. The first-order valence-corrected chi connectivity index (χ1v) is 7.59. The van der Waals surface area contributed by atoms with Gasteiger partial charge < -0.3 is 9.05 Å². The second-order valence-electron chi connectivity index (χ2n) is 2.37. The topological polar surface area (TPSA) is 35.5 Å². The van der Waals surface area contributed by atoms with Gasteiger partial charge in [0.15, 0.2) is 0 Å². The fourth-order valence-electron chi connectivity index (χ4n) is 0.592. The molecule has 0 heterocycles. The van der Waals surface area contributed by atoms with Crippen molar-refractivity contribution in [2.45, 2.75) is 0 Å². The molecule has 0 atom stereocenters. The fourth-order valence-corrected chi connectivity index (χ4v) is 2.66. The average molecular weight is 314 g/mol. The Labute approximate surface area is 108 Å². The van der Waals surface area contributed by atoms with Gasteiger partial charge >= 0.3 is 7.60 Å². The van der Waals surface area contributed by atoms with E-state index in [1.54, 1.807) is 0 Å². The van der Waals surface area contributed by atoms with Crippen LogP contribution in [0.2, 0.25) is 0 Å². The normalized spacial score (nSPS) is 13.9. The number of alkyl halides is 2. The molecule has 8 heteroatoms. The second kappa shape index (κ2) is 7.70.